The Morgan fingerprint density at radius 1 is 1.33 bits per heavy atom. The molecule has 0 saturated carbocycles. The molecule has 1 aliphatic heterocycles. The van der Waals surface area contributed by atoms with Gasteiger partial charge in [0.25, 0.3) is 0 Å². The number of nitrogens with zero attached hydrogens (tertiary/aromatic N) is 4. The lowest BCUT2D eigenvalue weighted by molar-refractivity contribution is 0.0750. The minimum atomic E-state index is -0.337. The van der Waals surface area contributed by atoms with Crippen molar-refractivity contribution in [2.45, 2.75) is 31.5 Å². The normalized spacial score (nSPS) is 19.9. The maximum atomic E-state index is 10.5. The van der Waals surface area contributed by atoms with Crippen molar-refractivity contribution in [1.29, 1.82) is 0 Å². The molecule has 2 aromatic rings. The first-order valence-corrected chi connectivity index (χ1v) is 8.75. The Morgan fingerprint density at radius 3 is 2.83 bits per heavy atom. The molecule has 5 nitrogen and oxygen atoms in total. The first-order chi connectivity index (χ1) is 11.6. The van der Waals surface area contributed by atoms with Crippen molar-refractivity contribution >= 4 is 0 Å². The second-order valence-electron chi connectivity index (χ2n) is 6.94. The Hall–Kier alpha value is -1.69. The number of aromatic nitrogens is 2. The van der Waals surface area contributed by atoms with Crippen molar-refractivity contribution in [3.05, 3.63) is 53.9 Å². The summed E-state index contributed by atoms with van der Waals surface area (Å²) in [6.07, 6.45) is 6.05. The van der Waals surface area contributed by atoms with E-state index in [-0.39, 0.29) is 6.10 Å². The van der Waals surface area contributed by atoms with E-state index in [1.807, 2.05) is 24.0 Å². The van der Waals surface area contributed by atoms with Crippen LogP contribution in [0, 0.1) is 0 Å². The quantitative estimate of drug-likeness (QED) is 0.845. The molecule has 0 unspecified atom stereocenters. The molecule has 1 aromatic heterocycles. The third-order valence-corrected chi connectivity index (χ3v) is 4.74. The number of β-amino-alcohol motifs (C(OH)–C–C–N with tert-alkyl or cyclic N) is 1. The maximum Gasteiger partial charge on any atom is 0.0794 e. The highest BCUT2D eigenvalue weighted by atomic mass is 16.3. The van der Waals surface area contributed by atoms with Crippen LogP contribution in [0.25, 0.3) is 0 Å². The molecule has 1 aromatic carbocycles. The van der Waals surface area contributed by atoms with E-state index in [2.05, 4.69) is 52.4 Å². The number of hydrogen-bond acceptors (Lipinski definition) is 4. The SMILES string of the molecule is CN(Cc1ccccc1)C[C@H](O)CN1CCC[C@@H]1c1cnn(C)c1. The lowest BCUT2D eigenvalue weighted by Gasteiger charge is -2.28. The molecule has 0 radical (unpaired) electrons. The zero-order chi connectivity index (χ0) is 16.9. The molecule has 130 valence electrons. The van der Waals surface area contributed by atoms with E-state index in [0.717, 1.165) is 26.1 Å². The minimum absolute atomic E-state index is 0.337. The largest absolute Gasteiger partial charge is 0.390 e. The molecule has 2 heterocycles. The Kier molecular flexibility index (Phi) is 5.66. The molecule has 0 aliphatic carbocycles. The number of rotatable bonds is 7. The molecule has 5 heteroatoms. The van der Waals surface area contributed by atoms with Crippen LogP contribution in [0.3, 0.4) is 0 Å². The smallest absolute Gasteiger partial charge is 0.0794 e. The van der Waals surface area contributed by atoms with Crippen LogP contribution in [-0.4, -0.2) is 57.5 Å². The highest BCUT2D eigenvalue weighted by molar-refractivity contribution is 5.14. The summed E-state index contributed by atoms with van der Waals surface area (Å²) in [5.41, 5.74) is 2.54. The van der Waals surface area contributed by atoms with Crippen molar-refractivity contribution in [2.24, 2.45) is 7.05 Å². The van der Waals surface area contributed by atoms with E-state index in [1.54, 1.807) is 0 Å². The van der Waals surface area contributed by atoms with E-state index in [1.165, 1.54) is 17.5 Å². The molecule has 3 rings (SSSR count). The Labute approximate surface area is 144 Å². The van der Waals surface area contributed by atoms with Gasteiger partial charge in [-0.15, -0.1) is 0 Å². The van der Waals surface area contributed by atoms with E-state index >= 15 is 0 Å². The molecule has 24 heavy (non-hydrogen) atoms. The summed E-state index contributed by atoms with van der Waals surface area (Å²) >= 11 is 0. The highest BCUT2D eigenvalue weighted by Gasteiger charge is 2.28. The predicted octanol–water partition coefficient (Wildman–Crippen LogP) is 2.05. The van der Waals surface area contributed by atoms with Gasteiger partial charge >= 0.3 is 0 Å². The summed E-state index contributed by atoms with van der Waals surface area (Å²) in [7, 11) is 4.02. The minimum Gasteiger partial charge on any atom is -0.390 e. The first kappa shape index (κ1) is 17.1. The number of aliphatic hydroxyl groups excluding tert-OH is 1. The molecule has 1 saturated heterocycles. The van der Waals surface area contributed by atoms with Gasteiger partial charge in [0.2, 0.25) is 0 Å². The van der Waals surface area contributed by atoms with Gasteiger partial charge in [0.1, 0.15) is 0 Å². The summed E-state index contributed by atoms with van der Waals surface area (Å²) < 4.78 is 1.86. The van der Waals surface area contributed by atoms with Gasteiger partial charge in [-0.1, -0.05) is 30.3 Å². The molecule has 1 N–H and O–H groups in total. The molecular formula is C19H28N4O. The number of likely N-dealkylation sites (tertiary alicyclic amines) is 1. The average molecular weight is 328 g/mol. The third-order valence-electron chi connectivity index (χ3n) is 4.74. The van der Waals surface area contributed by atoms with Crippen LogP contribution in [0.1, 0.15) is 30.0 Å². The van der Waals surface area contributed by atoms with E-state index < -0.39 is 0 Å². The number of likely N-dealkylation sites (N-methyl/N-ethyl adjacent to an activating group) is 1. The van der Waals surface area contributed by atoms with Crippen molar-refractivity contribution in [3.63, 3.8) is 0 Å². The fourth-order valence-electron chi connectivity index (χ4n) is 3.68. The van der Waals surface area contributed by atoms with Crippen LogP contribution < -0.4 is 0 Å². The summed E-state index contributed by atoms with van der Waals surface area (Å²) in [6, 6.07) is 10.8. The standard InChI is InChI=1S/C19H28N4O/c1-21(12-16-7-4-3-5-8-16)14-18(24)15-23-10-6-9-19(23)17-11-20-22(2)13-17/h3-5,7-8,11,13,18-19,24H,6,9-10,12,14-15H2,1-2H3/t18-,19+/m0/s1. The van der Waals surface area contributed by atoms with Crippen LogP contribution in [0.2, 0.25) is 0 Å². The van der Waals surface area contributed by atoms with Gasteiger partial charge in [-0.2, -0.15) is 5.10 Å². The van der Waals surface area contributed by atoms with E-state index in [0.29, 0.717) is 12.6 Å². The van der Waals surface area contributed by atoms with Gasteiger partial charge in [-0.3, -0.25) is 14.5 Å². The molecule has 0 bridgehead atoms. The zero-order valence-electron chi connectivity index (χ0n) is 14.7. The lowest BCUT2D eigenvalue weighted by Crippen LogP contribution is -2.38. The molecule has 2 atom stereocenters. The lowest BCUT2D eigenvalue weighted by atomic mass is 10.1. The van der Waals surface area contributed by atoms with Crippen LogP contribution in [0.5, 0.6) is 0 Å². The van der Waals surface area contributed by atoms with Crippen LogP contribution in [0.4, 0.5) is 0 Å². The second-order valence-corrected chi connectivity index (χ2v) is 6.94. The summed E-state index contributed by atoms with van der Waals surface area (Å²) in [4.78, 5) is 4.59. The van der Waals surface area contributed by atoms with Gasteiger partial charge in [0.15, 0.2) is 0 Å². The second kappa shape index (κ2) is 7.92. The maximum absolute atomic E-state index is 10.5. The number of aryl methyl sites for hydroxylation is 1. The van der Waals surface area contributed by atoms with E-state index in [9.17, 15) is 5.11 Å². The molecule has 0 amide bonds. The molecular weight excluding hydrogens is 300 g/mol. The van der Waals surface area contributed by atoms with Crippen molar-refractivity contribution in [3.8, 4) is 0 Å². The van der Waals surface area contributed by atoms with Gasteiger partial charge in [-0.25, -0.2) is 0 Å². The highest BCUT2D eigenvalue weighted by Crippen LogP contribution is 2.31. The summed E-state index contributed by atoms with van der Waals surface area (Å²) in [5.74, 6) is 0. The van der Waals surface area contributed by atoms with Gasteiger partial charge in [0, 0.05) is 44.5 Å². The molecule has 1 aliphatic rings. The molecule has 0 spiro atoms. The van der Waals surface area contributed by atoms with Crippen molar-refractivity contribution in [2.75, 3.05) is 26.7 Å². The van der Waals surface area contributed by atoms with Crippen molar-refractivity contribution in [1.82, 2.24) is 19.6 Å². The van der Waals surface area contributed by atoms with Crippen molar-refractivity contribution < 1.29 is 5.11 Å². The number of benzene rings is 1. The Balaban J connectivity index is 1.51. The fraction of sp³-hybridized carbons (Fsp3) is 0.526. The van der Waals surface area contributed by atoms with Gasteiger partial charge < -0.3 is 5.11 Å². The zero-order valence-corrected chi connectivity index (χ0v) is 14.7. The fourth-order valence-corrected chi connectivity index (χ4v) is 3.68. The summed E-state index contributed by atoms with van der Waals surface area (Å²) in [5, 5.41) is 14.8. The van der Waals surface area contributed by atoms with Crippen LogP contribution in [0.15, 0.2) is 42.7 Å². The Morgan fingerprint density at radius 2 is 2.12 bits per heavy atom. The predicted molar refractivity (Wildman–Crippen MR) is 95.5 cm³/mol. The van der Waals surface area contributed by atoms with Gasteiger partial charge in [0.05, 0.1) is 12.3 Å². The average Bonchev–Trinajstić information content (AvgIpc) is 3.16. The van der Waals surface area contributed by atoms with Gasteiger partial charge in [-0.05, 0) is 32.0 Å². The number of hydrogen-bond donors (Lipinski definition) is 1. The number of aliphatic hydroxyl groups is 1. The van der Waals surface area contributed by atoms with Crippen LogP contribution >= 0.6 is 0 Å². The topological polar surface area (TPSA) is 44.5 Å². The monoisotopic (exact) mass is 328 g/mol. The van der Waals surface area contributed by atoms with E-state index in [4.69, 9.17) is 0 Å². The first-order valence-electron chi connectivity index (χ1n) is 8.75. The third kappa shape index (κ3) is 4.44. The van der Waals surface area contributed by atoms with Crippen LogP contribution in [-0.2, 0) is 13.6 Å². The Bertz CT molecular complexity index is 627. The molecule has 1 fully saturated rings. The summed E-state index contributed by atoms with van der Waals surface area (Å²) in [6.45, 7) is 3.33.